The summed E-state index contributed by atoms with van der Waals surface area (Å²) in [5.41, 5.74) is 3.27. The first-order chi connectivity index (χ1) is 13.3. The van der Waals surface area contributed by atoms with Gasteiger partial charge in [0.2, 0.25) is 0 Å². The van der Waals surface area contributed by atoms with Crippen LogP contribution in [0.3, 0.4) is 0 Å². The van der Waals surface area contributed by atoms with Crippen molar-refractivity contribution in [3.8, 4) is 5.69 Å². The van der Waals surface area contributed by atoms with Crippen LogP contribution < -0.4 is 5.32 Å². The zero-order valence-corrected chi connectivity index (χ0v) is 16.0. The van der Waals surface area contributed by atoms with E-state index in [1.54, 1.807) is 7.11 Å². The number of methoxy groups -OCH3 is 1. The molecule has 1 N–H and O–H groups in total. The molecule has 0 amide bonds. The highest BCUT2D eigenvalue weighted by Gasteiger charge is 2.40. The van der Waals surface area contributed by atoms with E-state index in [0.717, 1.165) is 23.0 Å². The zero-order valence-electron chi connectivity index (χ0n) is 15.2. The number of pyridine rings is 1. The lowest BCUT2D eigenvalue weighted by Crippen LogP contribution is -2.33. The number of thiocarbonyl (C=S) groups is 1. The zero-order chi connectivity index (χ0) is 18.6. The van der Waals surface area contributed by atoms with Crippen molar-refractivity contribution in [1.82, 2.24) is 19.8 Å². The van der Waals surface area contributed by atoms with E-state index in [1.807, 2.05) is 30.5 Å². The van der Waals surface area contributed by atoms with Gasteiger partial charge in [0.15, 0.2) is 5.11 Å². The van der Waals surface area contributed by atoms with Crippen molar-refractivity contribution in [3.05, 3.63) is 84.4 Å². The number of rotatable bonds is 6. The molecule has 1 aliphatic rings. The van der Waals surface area contributed by atoms with Crippen LogP contribution in [0.2, 0.25) is 0 Å². The molecule has 3 aromatic rings. The summed E-state index contributed by atoms with van der Waals surface area (Å²) < 4.78 is 7.54. The van der Waals surface area contributed by atoms with E-state index in [-0.39, 0.29) is 12.1 Å². The van der Waals surface area contributed by atoms with Crippen molar-refractivity contribution in [2.75, 3.05) is 20.3 Å². The molecule has 6 heteroatoms. The smallest absolute Gasteiger partial charge is 0.170 e. The summed E-state index contributed by atoms with van der Waals surface area (Å²) in [4.78, 5) is 6.78. The third-order valence-corrected chi connectivity index (χ3v) is 5.20. The number of nitrogens with zero attached hydrogens (tertiary/aromatic N) is 3. The first-order valence-corrected chi connectivity index (χ1v) is 9.40. The van der Waals surface area contributed by atoms with Crippen LogP contribution in [0.15, 0.2) is 73.1 Å². The van der Waals surface area contributed by atoms with Crippen LogP contribution in [0.5, 0.6) is 0 Å². The molecule has 1 aromatic carbocycles. The van der Waals surface area contributed by atoms with Gasteiger partial charge in [-0.3, -0.25) is 4.98 Å². The number of aromatic nitrogens is 2. The van der Waals surface area contributed by atoms with E-state index in [4.69, 9.17) is 17.0 Å². The Morgan fingerprint density at radius 2 is 1.89 bits per heavy atom. The molecule has 0 saturated carbocycles. The molecule has 0 unspecified atom stereocenters. The Hall–Kier alpha value is -2.70. The summed E-state index contributed by atoms with van der Waals surface area (Å²) in [7, 11) is 1.71. The molecule has 0 bridgehead atoms. The fourth-order valence-electron chi connectivity index (χ4n) is 3.62. The van der Waals surface area contributed by atoms with Crippen LogP contribution in [-0.4, -0.2) is 39.8 Å². The minimum atomic E-state index is -0.0204. The van der Waals surface area contributed by atoms with E-state index in [2.05, 4.69) is 62.4 Å². The first kappa shape index (κ1) is 17.7. The van der Waals surface area contributed by atoms with Crippen molar-refractivity contribution in [3.63, 3.8) is 0 Å². The fraction of sp³-hybridized carbons (Fsp3) is 0.238. The van der Waals surface area contributed by atoms with Crippen molar-refractivity contribution in [2.24, 2.45) is 0 Å². The van der Waals surface area contributed by atoms with E-state index in [9.17, 15) is 0 Å². The second kappa shape index (κ2) is 7.90. The number of ether oxygens (including phenoxy) is 1. The van der Waals surface area contributed by atoms with E-state index < -0.39 is 0 Å². The number of benzene rings is 1. The Morgan fingerprint density at radius 3 is 2.63 bits per heavy atom. The molecule has 1 saturated heterocycles. The van der Waals surface area contributed by atoms with Crippen LogP contribution in [0.4, 0.5) is 0 Å². The highest BCUT2D eigenvalue weighted by atomic mass is 32.1. The van der Waals surface area contributed by atoms with E-state index in [1.165, 1.54) is 5.69 Å². The average molecular weight is 379 g/mol. The van der Waals surface area contributed by atoms with Crippen LogP contribution >= 0.6 is 12.2 Å². The number of hydrogen-bond donors (Lipinski definition) is 1. The van der Waals surface area contributed by atoms with Gasteiger partial charge in [-0.2, -0.15) is 0 Å². The molecule has 5 nitrogen and oxygen atoms in total. The average Bonchev–Trinajstić information content (AvgIpc) is 3.32. The van der Waals surface area contributed by atoms with Crippen LogP contribution in [0, 0.1) is 0 Å². The predicted octanol–water partition coefficient (Wildman–Crippen LogP) is 3.49. The van der Waals surface area contributed by atoms with Crippen molar-refractivity contribution in [1.29, 1.82) is 0 Å². The van der Waals surface area contributed by atoms with Crippen molar-refractivity contribution < 1.29 is 4.74 Å². The quantitative estimate of drug-likeness (QED) is 0.665. The highest BCUT2D eigenvalue weighted by molar-refractivity contribution is 7.80. The van der Waals surface area contributed by atoms with Crippen LogP contribution in [0.1, 0.15) is 23.5 Å². The van der Waals surface area contributed by atoms with Crippen molar-refractivity contribution in [2.45, 2.75) is 12.1 Å². The molecule has 0 spiro atoms. The van der Waals surface area contributed by atoms with Gasteiger partial charge in [-0.1, -0.05) is 24.3 Å². The fourth-order valence-corrected chi connectivity index (χ4v) is 3.95. The molecule has 2 atom stereocenters. The van der Waals surface area contributed by atoms with Gasteiger partial charge in [-0.15, -0.1) is 0 Å². The Bertz CT molecular complexity index is 897. The lowest BCUT2D eigenvalue weighted by molar-refractivity contribution is 0.163. The molecule has 4 rings (SSSR count). The maximum Gasteiger partial charge on any atom is 0.170 e. The molecule has 2 aromatic heterocycles. The summed E-state index contributed by atoms with van der Waals surface area (Å²) in [6.45, 7) is 1.33. The van der Waals surface area contributed by atoms with Crippen LogP contribution in [0.25, 0.3) is 5.69 Å². The monoisotopic (exact) mass is 378 g/mol. The Labute approximate surface area is 164 Å². The van der Waals surface area contributed by atoms with Crippen molar-refractivity contribution >= 4 is 17.3 Å². The van der Waals surface area contributed by atoms with Gasteiger partial charge in [-0.25, -0.2) is 0 Å². The summed E-state index contributed by atoms with van der Waals surface area (Å²) in [6, 6.07) is 20.6. The van der Waals surface area contributed by atoms with Gasteiger partial charge >= 0.3 is 0 Å². The van der Waals surface area contributed by atoms with Gasteiger partial charge in [-0.05, 0) is 48.6 Å². The third-order valence-electron chi connectivity index (χ3n) is 4.85. The molecule has 1 fully saturated rings. The number of para-hydroxylation sites is 1. The standard InChI is InChI=1S/C21H22N4OS/c1-26-15-14-25-20(19(23-21(25)27)17-10-5-6-12-22-17)18-11-7-13-24(18)16-8-3-2-4-9-16/h2-13,19-20H,14-15H2,1H3,(H,23,27)/t19-,20+/m0/s1. The third kappa shape index (κ3) is 3.46. The van der Waals surface area contributed by atoms with Gasteiger partial charge in [0.1, 0.15) is 0 Å². The summed E-state index contributed by atoms with van der Waals surface area (Å²) >= 11 is 5.66. The number of nitrogens with one attached hydrogen (secondary N) is 1. The molecule has 1 aliphatic heterocycles. The highest BCUT2D eigenvalue weighted by Crippen LogP contribution is 2.39. The number of hydrogen-bond acceptors (Lipinski definition) is 3. The maximum atomic E-state index is 5.66. The molecule has 0 aliphatic carbocycles. The van der Waals surface area contributed by atoms with E-state index >= 15 is 0 Å². The molecule has 27 heavy (non-hydrogen) atoms. The second-order valence-corrected chi connectivity index (χ2v) is 6.84. The molecular weight excluding hydrogens is 356 g/mol. The minimum Gasteiger partial charge on any atom is -0.383 e. The van der Waals surface area contributed by atoms with Gasteiger partial charge in [0, 0.05) is 37.4 Å². The molecular formula is C21H22N4OS. The normalized spacial score (nSPS) is 19.3. The molecule has 3 heterocycles. The Morgan fingerprint density at radius 1 is 1.07 bits per heavy atom. The van der Waals surface area contributed by atoms with Crippen LogP contribution in [-0.2, 0) is 4.74 Å². The Kier molecular flexibility index (Phi) is 5.18. The van der Waals surface area contributed by atoms with Gasteiger partial charge in [0.25, 0.3) is 0 Å². The summed E-state index contributed by atoms with van der Waals surface area (Å²) in [5, 5.41) is 4.20. The van der Waals surface area contributed by atoms with Gasteiger partial charge < -0.3 is 19.5 Å². The summed E-state index contributed by atoms with van der Waals surface area (Å²) in [6.07, 6.45) is 3.92. The topological polar surface area (TPSA) is 42.3 Å². The van der Waals surface area contributed by atoms with E-state index in [0.29, 0.717) is 6.61 Å². The molecule has 138 valence electrons. The molecule has 0 radical (unpaired) electrons. The summed E-state index contributed by atoms with van der Waals surface area (Å²) in [5.74, 6) is 0. The minimum absolute atomic E-state index is 0.0204. The SMILES string of the molecule is COCCN1C(=S)N[C@@H](c2ccccn2)[C@H]1c1cccn1-c1ccccc1. The first-order valence-electron chi connectivity index (χ1n) is 8.99. The second-order valence-electron chi connectivity index (χ2n) is 6.45. The lowest BCUT2D eigenvalue weighted by Gasteiger charge is -2.28. The Balaban J connectivity index is 1.78. The predicted molar refractivity (Wildman–Crippen MR) is 110 cm³/mol. The lowest BCUT2D eigenvalue weighted by atomic mass is 10.0. The largest absolute Gasteiger partial charge is 0.383 e. The van der Waals surface area contributed by atoms with Gasteiger partial charge in [0.05, 0.1) is 24.4 Å². The maximum absolute atomic E-state index is 5.66.